The molecule has 2 aliphatic rings. The average Bonchev–Trinajstić information content (AvgIpc) is 3.54. The van der Waals surface area contributed by atoms with E-state index in [-0.39, 0.29) is 17.2 Å². The monoisotopic (exact) mass is 605 g/mol. The molecule has 1 unspecified atom stereocenters. The molecular formula is C37H58F3NO2. The van der Waals surface area contributed by atoms with Gasteiger partial charge in [-0.05, 0) is 97.1 Å². The molecule has 43 heavy (non-hydrogen) atoms. The van der Waals surface area contributed by atoms with Crippen LogP contribution in [0, 0.1) is 25.2 Å². The highest BCUT2D eigenvalue weighted by Gasteiger charge is 2.49. The Kier molecular flexibility index (Phi) is 19.3. The minimum absolute atomic E-state index is 0.0897. The number of carbonyl (C=O) groups is 2. The van der Waals surface area contributed by atoms with Crippen molar-refractivity contribution in [3.8, 4) is 0 Å². The summed E-state index contributed by atoms with van der Waals surface area (Å²) in [4.78, 5) is 21.9. The fourth-order valence-corrected chi connectivity index (χ4v) is 5.86. The zero-order valence-electron chi connectivity index (χ0n) is 28.1. The molecular weight excluding hydrogens is 547 g/mol. The number of allylic oxidation sites excluding steroid dienone is 5. The maximum absolute atomic E-state index is 12.5. The number of rotatable bonds is 9. The number of hydrogen-bond donors (Lipinski definition) is 1. The molecule has 2 aliphatic carbocycles. The van der Waals surface area contributed by atoms with E-state index in [1.165, 1.54) is 62.7 Å². The van der Waals surface area contributed by atoms with Crippen LogP contribution in [0.3, 0.4) is 0 Å². The first kappa shape index (κ1) is 40.5. The van der Waals surface area contributed by atoms with E-state index in [0.717, 1.165) is 48.8 Å². The number of fused-ring (bicyclic) bond motifs is 1. The van der Waals surface area contributed by atoms with Crippen molar-refractivity contribution in [2.75, 3.05) is 0 Å². The molecule has 2 fully saturated rings. The lowest BCUT2D eigenvalue weighted by Crippen LogP contribution is -2.28. The van der Waals surface area contributed by atoms with Gasteiger partial charge in [-0.1, -0.05) is 100 Å². The normalized spacial score (nSPS) is 20.6. The highest BCUT2D eigenvalue weighted by molar-refractivity contribution is 5.83. The highest BCUT2D eigenvalue weighted by Crippen LogP contribution is 2.54. The van der Waals surface area contributed by atoms with Crippen LogP contribution < -0.4 is 5.73 Å². The molecule has 0 aromatic heterocycles. The first-order chi connectivity index (χ1) is 20.1. The topological polar surface area (TPSA) is 60.2 Å². The quantitative estimate of drug-likeness (QED) is 0.285. The standard InChI is InChI=1S/C13H19F3.C10H16O.C8H10.C6H13NO/c1-5-8-10(4)11(6-2)9-12(7-3)13(14,15)16;1-8(11)10-6-2-4-9(10)5-3-7-10;1-7-3-5-8(2)6-4-7;1-3-4-6(7)5(2)8/h7,9H,3,5-6,8H2,1-2,4H3;9H,2-7H2,1H3;3-6H,1-2H3;6H,3-4,7H2,1-2H3/b11-10+,12-9+;;;. The number of benzene rings is 1. The Balaban J connectivity index is 0.000000571. The van der Waals surface area contributed by atoms with Crippen molar-refractivity contribution in [3.05, 3.63) is 70.8 Å². The van der Waals surface area contributed by atoms with Crippen LogP contribution in [0.25, 0.3) is 0 Å². The molecule has 2 saturated carbocycles. The lowest BCUT2D eigenvalue weighted by molar-refractivity contribution is -0.127. The Morgan fingerprint density at radius 3 is 1.74 bits per heavy atom. The van der Waals surface area contributed by atoms with Gasteiger partial charge in [0.2, 0.25) is 0 Å². The second kappa shape index (κ2) is 20.5. The van der Waals surface area contributed by atoms with Crippen molar-refractivity contribution >= 4 is 11.6 Å². The summed E-state index contributed by atoms with van der Waals surface area (Å²) in [6.45, 7) is 18.5. The van der Waals surface area contributed by atoms with Gasteiger partial charge in [-0.2, -0.15) is 13.2 Å². The SMILES string of the molecule is C=C/C(=C\C(CC)=C(/C)CCC)C(F)(F)F.CC(=O)C12CCCC1CCC2.CCCC(N)C(C)=O.Cc1ccc(C)cc1. The van der Waals surface area contributed by atoms with Crippen LogP contribution in [0.4, 0.5) is 13.2 Å². The van der Waals surface area contributed by atoms with E-state index < -0.39 is 11.7 Å². The van der Waals surface area contributed by atoms with E-state index in [2.05, 4.69) is 44.7 Å². The summed E-state index contributed by atoms with van der Waals surface area (Å²) in [5.41, 5.74) is 9.32. The van der Waals surface area contributed by atoms with E-state index >= 15 is 0 Å². The number of hydrogen-bond acceptors (Lipinski definition) is 3. The van der Waals surface area contributed by atoms with Crippen molar-refractivity contribution in [2.45, 2.75) is 138 Å². The fraction of sp³-hybridized carbons (Fsp3) is 0.622. The Morgan fingerprint density at radius 1 is 0.977 bits per heavy atom. The molecule has 0 bridgehead atoms. The molecule has 0 spiro atoms. The molecule has 6 heteroatoms. The summed E-state index contributed by atoms with van der Waals surface area (Å²) in [5.74, 6) is 1.32. The van der Waals surface area contributed by atoms with E-state index in [1.807, 2.05) is 27.7 Å². The number of ketones is 2. The number of aryl methyl sites for hydroxylation is 2. The Bertz CT molecular complexity index is 1020. The van der Waals surface area contributed by atoms with Crippen LogP contribution in [0.5, 0.6) is 0 Å². The van der Waals surface area contributed by atoms with E-state index in [0.29, 0.717) is 12.2 Å². The van der Waals surface area contributed by atoms with Gasteiger partial charge in [0, 0.05) is 5.41 Å². The van der Waals surface area contributed by atoms with Gasteiger partial charge in [0.25, 0.3) is 0 Å². The van der Waals surface area contributed by atoms with Gasteiger partial charge in [0.1, 0.15) is 11.6 Å². The third-order valence-electron chi connectivity index (χ3n) is 8.60. The minimum atomic E-state index is -4.31. The van der Waals surface area contributed by atoms with Crippen LogP contribution in [-0.4, -0.2) is 23.8 Å². The van der Waals surface area contributed by atoms with Gasteiger partial charge in [0.15, 0.2) is 0 Å². The number of halogens is 3. The predicted molar refractivity (Wildman–Crippen MR) is 176 cm³/mol. The maximum atomic E-state index is 12.5. The average molecular weight is 606 g/mol. The Morgan fingerprint density at radius 2 is 1.47 bits per heavy atom. The van der Waals surface area contributed by atoms with Crippen LogP contribution in [-0.2, 0) is 9.59 Å². The molecule has 0 radical (unpaired) electrons. The van der Waals surface area contributed by atoms with Gasteiger partial charge < -0.3 is 5.73 Å². The van der Waals surface area contributed by atoms with Gasteiger partial charge >= 0.3 is 6.18 Å². The lowest BCUT2D eigenvalue weighted by Gasteiger charge is -2.25. The molecule has 0 heterocycles. The molecule has 1 atom stereocenters. The first-order valence-corrected chi connectivity index (χ1v) is 16.0. The molecule has 2 N–H and O–H groups in total. The predicted octanol–water partition coefficient (Wildman–Crippen LogP) is 10.7. The molecule has 3 rings (SSSR count). The van der Waals surface area contributed by atoms with Crippen LogP contribution >= 0.6 is 0 Å². The minimum Gasteiger partial charge on any atom is -0.322 e. The van der Waals surface area contributed by atoms with Gasteiger partial charge in [-0.15, -0.1) is 0 Å². The lowest BCUT2D eigenvalue weighted by atomic mass is 9.77. The summed E-state index contributed by atoms with van der Waals surface area (Å²) in [7, 11) is 0. The highest BCUT2D eigenvalue weighted by atomic mass is 19.4. The zero-order chi connectivity index (χ0) is 33.2. The van der Waals surface area contributed by atoms with Crippen molar-refractivity contribution in [2.24, 2.45) is 17.1 Å². The van der Waals surface area contributed by atoms with Gasteiger partial charge in [-0.25, -0.2) is 0 Å². The van der Waals surface area contributed by atoms with Crippen molar-refractivity contribution in [1.82, 2.24) is 0 Å². The zero-order valence-corrected chi connectivity index (χ0v) is 28.1. The number of carbonyl (C=O) groups excluding carboxylic acids is 2. The summed E-state index contributed by atoms with van der Waals surface area (Å²) in [6, 6.07) is 8.26. The molecule has 0 saturated heterocycles. The molecule has 244 valence electrons. The molecule has 1 aromatic carbocycles. The second-order valence-electron chi connectivity index (χ2n) is 12.1. The number of Topliss-reactive ketones (excluding diaryl/α,β-unsaturated/α-hetero) is 2. The smallest absolute Gasteiger partial charge is 0.322 e. The fourth-order valence-electron chi connectivity index (χ4n) is 5.86. The number of alkyl halides is 3. The molecule has 0 amide bonds. The molecule has 3 nitrogen and oxygen atoms in total. The molecule has 0 aliphatic heterocycles. The largest absolute Gasteiger partial charge is 0.416 e. The van der Waals surface area contributed by atoms with Crippen LogP contribution in [0.2, 0.25) is 0 Å². The maximum Gasteiger partial charge on any atom is 0.416 e. The van der Waals surface area contributed by atoms with Crippen LogP contribution in [0.1, 0.15) is 123 Å². The Hall–Kier alpha value is -2.47. The van der Waals surface area contributed by atoms with Gasteiger partial charge in [-0.3, -0.25) is 9.59 Å². The summed E-state index contributed by atoms with van der Waals surface area (Å²) in [6.07, 6.45) is 9.56. The summed E-state index contributed by atoms with van der Waals surface area (Å²) >= 11 is 0. The summed E-state index contributed by atoms with van der Waals surface area (Å²) in [5, 5.41) is 0. The third kappa shape index (κ3) is 14.7. The van der Waals surface area contributed by atoms with Crippen LogP contribution in [0.15, 0.2) is 59.7 Å². The van der Waals surface area contributed by atoms with E-state index in [1.54, 1.807) is 6.92 Å². The Labute approximate surface area is 260 Å². The van der Waals surface area contributed by atoms with Crippen molar-refractivity contribution in [3.63, 3.8) is 0 Å². The van der Waals surface area contributed by atoms with Gasteiger partial charge in [0.05, 0.1) is 11.6 Å². The van der Waals surface area contributed by atoms with Crippen molar-refractivity contribution < 1.29 is 22.8 Å². The van der Waals surface area contributed by atoms with Crippen molar-refractivity contribution in [1.29, 1.82) is 0 Å². The third-order valence-corrected chi connectivity index (χ3v) is 8.60. The first-order valence-electron chi connectivity index (χ1n) is 16.0. The second-order valence-corrected chi connectivity index (χ2v) is 12.1. The molecule has 1 aromatic rings. The van der Waals surface area contributed by atoms with E-state index in [9.17, 15) is 22.8 Å². The number of nitrogens with two attached hydrogens (primary N) is 1. The van der Waals surface area contributed by atoms with E-state index in [4.69, 9.17) is 5.73 Å². The summed E-state index contributed by atoms with van der Waals surface area (Å²) < 4.78 is 37.5.